The number of hydrogen-bond donors (Lipinski definition) is 1. The lowest BCUT2D eigenvalue weighted by Gasteiger charge is -2.36. The summed E-state index contributed by atoms with van der Waals surface area (Å²) in [5.74, 6) is 0. The van der Waals surface area contributed by atoms with Crippen LogP contribution in [0.15, 0.2) is 6.33 Å². The normalized spacial score (nSPS) is 19.8. The van der Waals surface area contributed by atoms with E-state index in [1.807, 2.05) is 0 Å². The highest BCUT2D eigenvalue weighted by Crippen LogP contribution is 2.31. The van der Waals surface area contributed by atoms with Gasteiger partial charge in [0.25, 0.3) is 0 Å². The van der Waals surface area contributed by atoms with Crippen LogP contribution in [0.4, 0.5) is 0 Å². The molecule has 2 aromatic rings. The summed E-state index contributed by atoms with van der Waals surface area (Å²) < 4.78 is 1.77. The van der Waals surface area contributed by atoms with Crippen molar-refractivity contribution in [2.75, 3.05) is 7.05 Å². The van der Waals surface area contributed by atoms with Gasteiger partial charge in [0.15, 0.2) is 0 Å². The monoisotopic (exact) mass is 251 g/mol. The summed E-state index contributed by atoms with van der Waals surface area (Å²) in [7, 11) is 2.07. The number of nitrogens with one attached hydrogen (secondary N) is 1. The second-order valence-electron chi connectivity index (χ2n) is 4.82. The fourth-order valence-corrected chi connectivity index (χ4v) is 3.66. The van der Waals surface area contributed by atoms with Crippen LogP contribution in [0.25, 0.3) is 4.96 Å². The molecule has 92 valence electrons. The lowest BCUT2D eigenvalue weighted by atomic mass is 9.79. The van der Waals surface area contributed by atoms with E-state index in [-0.39, 0.29) is 5.54 Å². The zero-order valence-corrected chi connectivity index (χ0v) is 10.8. The van der Waals surface area contributed by atoms with Gasteiger partial charge in [0.05, 0.1) is 0 Å². The molecule has 0 saturated heterocycles. The minimum atomic E-state index is 0.252. The fourth-order valence-electron chi connectivity index (χ4n) is 2.71. The number of fused-ring (bicyclic) bond motifs is 1. The van der Waals surface area contributed by atoms with Crippen LogP contribution in [0.1, 0.15) is 37.1 Å². The second kappa shape index (κ2) is 4.34. The zero-order valence-electron chi connectivity index (χ0n) is 10.0. The third-order valence-corrected chi connectivity index (χ3v) is 4.67. The van der Waals surface area contributed by atoms with Crippen molar-refractivity contribution < 1.29 is 0 Å². The SMILES string of the molecule is CNC1(Cc2nn3cnnc3s2)CCCCC1. The minimum Gasteiger partial charge on any atom is -0.314 e. The molecule has 1 aliphatic carbocycles. The van der Waals surface area contributed by atoms with Crippen molar-refractivity contribution in [1.82, 2.24) is 25.1 Å². The predicted molar refractivity (Wildman–Crippen MR) is 67.2 cm³/mol. The number of likely N-dealkylation sites (N-methyl/N-ethyl adjacent to an activating group) is 1. The largest absolute Gasteiger partial charge is 0.314 e. The summed E-state index contributed by atoms with van der Waals surface area (Å²) in [6.45, 7) is 0. The maximum absolute atomic E-state index is 4.53. The smallest absolute Gasteiger partial charge is 0.234 e. The first-order valence-electron chi connectivity index (χ1n) is 6.16. The van der Waals surface area contributed by atoms with Crippen LogP contribution in [0.2, 0.25) is 0 Å². The molecule has 0 bridgehead atoms. The Morgan fingerprint density at radius 1 is 1.41 bits per heavy atom. The van der Waals surface area contributed by atoms with E-state index in [0.717, 1.165) is 16.4 Å². The third-order valence-electron chi connectivity index (χ3n) is 3.76. The maximum atomic E-state index is 4.53. The van der Waals surface area contributed by atoms with Gasteiger partial charge in [-0.15, -0.1) is 10.2 Å². The highest BCUT2D eigenvalue weighted by atomic mass is 32.1. The molecule has 1 aliphatic rings. The van der Waals surface area contributed by atoms with Gasteiger partial charge in [0, 0.05) is 12.0 Å². The fraction of sp³-hybridized carbons (Fsp3) is 0.727. The summed E-state index contributed by atoms with van der Waals surface area (Å²) >= 11 is 1.65. The minimum absolute atomic E-state index is 0.252. The van der Waals surface area contributed by atoms with Crippen LogP contribution in [0, 0.1) is 0 Å². The third kappa shape index (κ3) is 2.07. The number of hydrogen-bond acceptors (Lipinski definition) is 5. The molecular formula is C11H17N5S. The van der Waals surface area contributed by atoms with Gasteiger partial charge in [-0.1, -0.05) is 30.6 Å². The van der Waals surface area contributed by atoms with E-state index in [4.69, 9.17) is 0 Å². The second-order valence-corrected chi connectivity index (χ2v) is 5.86. The molecule has 6 heteroatoms. The van der Waals surface area contributed by atoms with Gasteiger partial charge < -0.3 is 5.32 Å². The lowest BCUT2D eigenvalue weighted by molar-refractivity contribution is 0.244. The highest BCUT2D eigenvalue weighted by Gasteiger charge is 2.31. The molecule has 3 rings (SSSR count). The highest BCUT2D eigenvalue weighted by molar-refractivity contribution is 7.16. The van der Waals surface area contributed by atoms with Crippen LogP contribution < -0.4 is 5.32 Å². The molecule has 0 spiro atoms. The molecule has 2 heterocycles. The first-order chi connectivity index (χ1) is 8.31. The average molecular weight is 251 g/mol. The molecule has 1 N–H and O–H groups in total. The molecule has 0 amide bonds. The quantitative estimate of drug-likeness (QED) is 0.901. The van der Waals surface area contributed by atoms with Crippen LogP contribution >= 0.6 is 11.3 Å². The molecular weight excluding hydrogens is 234 g/mol. The predicted octanol–water partition coefficient (Wildman–Crippen LogP) is 1.65. The molecule has 0 aliphatic heterocycles. The van der Waals surface area contributed by atoms with Crippen molar-refractivity contribution in [1.29, 1.82) is 0 Å². The summed E-state index contributed by atoms with van der Waals surface area (Å²) in [5, 5.41) is 17.1. The van der Waals surface area contributed by atoms with E-state index in [1.165, 1.54) is 32.1 Å². The molecule has 17 heavy (non-hydrogen) atoms. The van der Waals surface area contributed by atoms with Gasteiger partial charge in [0.1, 0.15) is 11.3 Å². The summed E-state index contributed by atoms with van der Waals surface area (Å²) in [5.41, 5.74) is 0.252. The summed E-state index contributed by atoms with van der Waals surface area (Å²) in [4.78, 5) is 0.891. The van der Waals surface area contributed by atoms with Gasteiger partial charge in [0.2, 0.25) is 4.96 Å². The van der Waals surface area contributed by atoms with Crippen molar-refractivity contribution in [3.63, 3.8) is 0 Å². The van der Waals surface area contributed by atoms with E-state index in [1.54, 1.807) is 22.2 Å². The summed E-state index contributed by atoms with van der Waals surface area (Å²) in [6.07, 6.45) is 9.21. The molecule has 0 atom stereocenters. The van der Waals surface area contributed by atoms with Gasteiger partial charge in [-0.3, -0.25) is 0 Å². The van der Waals surface area contributed by atoms with E-state index in [2.05, 4.69) is 27.7 Å². The summed E-state index contributed by atoms with van der Waals surface area (Å²) in [6, 6.07) is 0. The first kappa shape index (κ1) is 11.1. The Bertz CT molecular complexity index is 468. The number of nitrogens with zero attached hydrogens (tertiary/aromatic N) is 4. The topological polar surface area (TPSA) is 55.1 Å². The van der Waals surface area contributed by atoms with Gasteiger partial charge in [-0.05, 0) is 19.9 Å². The van der Waals surface area contributed by atoms with Crippen molar-refractivity contribution in [2.45, 2.75) is 44.1 Å². The molecule has 0 radical (unpaired) electrons. The van der Waals surface area contributed by atoms with Crippen molar-refractivity contribution in [2.24, 2.45) is 0 Å². The number of rotatable bonds is 3. The molecule has 0 aromatic carbocycles. The van der Waals surface area contributed by atoms with Crippen molar-refractivity contribution in [3.05, 3.63) is 11.3 Å². The molecule has 5 nitrogen and oxygen atoms in total. The molecule has 0 unspecified atom stereocenters. The Kier molecular flexibility index (Phi) is 2.84. The Morgan fingerprint density at radius 3 is 2.94 bits per heavy atom. The van der Waals surface area contributed by atoms with Crippen molar-refractivity contribution >= 4 is 16.3 Å². The van der Waals surface area contributed by atoms with Crippen LogP contribution in [-0.2, 0) is 6.42 Å². The standard InChI is InChI=1S/C11H17N5S/c1-12-11(5-3-2-4-6-11)7-9-15-16-8-13-14-10(16)17-9/h8,12H,2-7H2,1H3. The van der Waals surface area contributed by atoms with Crippen molar-refractivity contribution in [3.8, 4) is 0 Å². The molecule has 1 saturated carbocycles. The van der Waals surface area contributed by atoms with Gasteiger partial charge >= 0.3 is 0 Å². The Hall–Kier alpha value is -1.01. The number of aromatic nitrogens is 4. The Labute approximate surface area is 104 Å². The van der Waals surface area contributed by atoms with Crippen LogP contribution in [-0.4, -0.2) is 32.4 Å². The lowest BCUT2D eigenvalue weighted by Crippen LogP contribution is -2.46. The molecule has 1 fully saturated rings. The van der Waals surface area contributed by atoms with Gasteiger partial charge in [-0.2, -0.15) is 9.61 Å². The van der Waals surface area contributed by atoms with Crippen LogP contribution in [0.3, 0.4) is 0 Å². The van der Waals surface area contributed by atoms with E-state index < -0.39 is 0 Å². The first-order valence-corrected chi connectivity index (χ1v) is 6.98. The van der Waals surface area contributed by atoms with Crippen LogP contribution in [0.5, 0.6) is 0 Å². The van der Waals surface area contributed by atoms with E-state index in [9.17, 15) is 0 Å². The Balaban J connectivity index is 1.82. The van der Waals surface area contributed by atoms with E-state index >= 15 is 0 Å². The maximum Gasteiger partial charge on any atom is 0.234 e. The Morgan fingerprint density at radius 2 is 2.24 bits per heavy atom. The zero-order chi connectivity index (χ0) is 11.7. The van der Waals surface area contributed by atoms with Gasteiger partial charge in [-0.25, -0.2) is 0 Å². The average Bonchev–Trinajstić information content (AvgIpc) is 2.91. The van der Waals surface area contributed by atoms with E-state index in [0.29, 0.717) is 0 Å². The molecule has 2 aromatic heterocycles.